The van der Waals surface area contributed by atoms with E-state index in [0.29, 0.717) is 0 Å². The summed E-state index contributed by atoms with van der Waals surface area (Å²) in [4.78, 5) is 13.4. The lowest BCUT2D eigenvalue weighted by Crippen LogP contribution is -1.87. The van der Waals surface area contributed by atoms with Crippen molar-refractivity contribution >= 4 is 34.5 Å². The number of benzene rings is 2. The molecule has 0 spiro atoms. The monoisotopic (exact) mass is 343 g/mol. The van der Waals surface area contributed by atoms with Crippen LogP contribution < -0.4 is 0 Å². The second kappa shape index (κ2) is 6.83. The van der Waals surface area contributed by atoms with Gasteiger partial charge in [0.25, 0.3) is 0 Å². The number of hydrogen-bond donors (Lipinski definition) is 0. The molecule has 0 radical (unpaired) electrons. The van der Waals surface area contributed by atoms with Crippen LogP contribution in [0.2, 0.25) is 5.02 Å². The van der Waals surface area contributed by atoms with Crippen molar-refractivity contribution < 1.29 is 0 Å². The van der Waals surface area contributed by atoms with E-state index in [4.69, 9.17) is 11.6 Å². The first kappa shape index (κ1) is 15.5. The Morgan fingerprint density at radius 1 is 0.840 bits per heavy atom. The Morgan fingerprint density at radius 3 is 2.44 bits per heavy atom. The fourth-order valence-corrected chi connectivity index (χ4v) is 2.66. The Hall–Kier alpha value is -3.04. The lowest BCUT2D eigenvalue weighted by Gasteiger charge is -2.03. The standard InChI is InChI=1S/C21H14ClN3/c22-18-8-3-15(4-9-18)14-24-19-10-5-16(6-11-19)20-12-7-17-2-1-13-23-21(17)25-20/h1-14H. The van der Waals surface area contributed by atoms with E-state index in [9.17, 15) is 0 Å². The van der Waals surface area contributed by atoms with Crippen LogP contribution in [-0.4, -0.2) is 16.2 Å². The van der Waals surface area contributed by atoms with Crippen molar-refractivity contribution in [3.05, 3.63) is 89.6 Å². The first-order valence-electron chi connectivity index (χ1n) is 7.90. The molecule has 0 bridgehead atoms. The fourth-order valence-electron chi connectivity index (χ4n) is 2.53. The second-order valence-electron chi connectivity index (χ2n) is 5.60. The molecule has 0 N–H and O–H groups in total. The zero-order chi connectivity index (χ0) is 17.1. The first-order valence-corrected chi connectivity index (χ1v) is 8.28. The van der Waals surface area contributed by atoms with Crippen molar-refractivity contribution in [2.75, 3.05) is 0 Å². The summed E-state index contributed by atoms with van der Waals surface area (Å²) in [5.74, 6) is 0. The van der Waals surface area contributed by atoms with Gasteiger partial charge in [-0.3, -0.25) is 4.99 Å². The third kappa shape index (κ3) is 3.57. The minimum atomic E-state index is 0.721. The predicted molar refractivity (Wildman–Crippen MR) is 104 cm³/mol. The molecule has 25 heavy (non-hydrogen) atoms. The Bertz CT molecular complexity index is 1040. The maximum Gasteiger partial charge on any atom is 0.159 e. The van der Waals surface area contributed by atoms with Crippen LogP contribution in [0.5, 0.6) is 0 Å². The van der Waals surface area contributed by atoms with Gasteiger partial charge in [-0.2, -0.15) is 0 Å². The minimum Gasteiger partial charge on any atom is -0.256 e. The molecule has 120 valence electrons. The molecule has 0 atom stereocenters. The van der Waals surface area contributed by atoms with Crippen molar-refractivity contribution in [2.45, 2.75) is 0 Å². The van der Waals surface area contributed by atoms with Gasteiger partial charge in [0.1, 0.15) is 0 Å². The summed E-state index contributed by atoms with van der Waals surface area (Å²) in [6.45, 7) is 0. The van der Waals surface area contributed by atoms with Crippen LogP contribution in [0, 0.1) is 0 Å². The quantitative estimate of drug-likeness (QED) is 0.447. The predicted octanol–water partition coefficient (Wildman–Crippen LogP) is 5.70. The summed E-state index contributed by atoms with van der Waals surface area (Å²) in [6.07, 6.45) is 3.58. The highest BCUT2D eigenvalue weighted by Gasteiger charge is 2.02. The molecule has 3 nitrogen and oxygen atoms in total. The number of halogens is 1. The van der Waals surface area contributed by atoms with Crippen molar-refractivity contribution in [3.8, 4) is 11.3 Å². The van der Waals surface area contributed by atoms with Crippen molar-refractivity contribution in [3.63, 3.8) is 0 Å². The maximum atomic E-state index is 5.89. The summed E-state index contributed by atoms with van der Waals surface area (Å²) >= 11 is 5.89. The Kier molecular flexibility index (Phi) is 4.23. The van der Waals surface area contributed by atoms with E-state index in [1.54, 1.807) is 6.20 Å². The Balaban J connectivity index is 1.57. The summed E-state index contributed by atoms with van der Waals surface area (Å²) < 4.78 is 0. The molecule has 0 amide bonds. The second-order valence-corrected chi connectivity index (χ2v) is 6.04. The van der Waals surface area contributed by atoms with Crippen molar-refractivity contribution in [1.29, 1.82) is 0 Å². The van der Waals surface area contributed by atoms with Crippen LogP contribution in [0.15, 0.2) is 84.0 Å². The van der Waals surface area contributed by atoms with Crippen LogP contribution in [0.1, 0.15) is 5.56 Å². The summed E-state index contributed by atoms with van der Waals surface area (Å²) in [5, 5.41) is 1.76. The van der Waals surface area contributed by atoms with E-state index in [-0.39, 0.29) is 0 Å². The topological polar surface area (TPSA) is 38.1 Å². The number of nitrogens with zero attached hydrogens (tertiary/aromatic N) is 3. The molecule has 0 unspecified atom stereocenters. The van der Waals surface area contributed by atoms with Crippen molar-refractivity contribution in [2.24, 2.45) is 4.99 Å². The van der Waals surface area contributed by atoms with Gasteiger partial charge in [0, 0.05) is 28.4 Å². The van der Waals surface area contributed by atoms with E-state index >= 15 is 0 Å². The molecule has 0 saturated carbocycles. The van der Waals surface area contributed by atoms with E-state index in [0.717, 1.165) is 38.6 Å². The van der Waals surface area contributed by atoms with E-state index in [1.165, 1.54) is 0 Å². The fraction of sp³-hybridized carbons (Fsp3) is 0. The van der Waals surface area contributed by atoms with Gasteiger partial charge >= 0.3 is 0 Å². The van der Waals surface area contributed by atoms with E-state index in [2.05, 4.69) is 15.0 Å². The molecule has 0 aliphatic carbocycles. The molecule has 4 aromatic rings. The zero-order valence-corrected chi connectivity index (χ0v) is 14.1. The number of pyridine rings is 2. The molecule has 0 aliphatic heterocycles. The van der Waals surface area contributed by atoms with Crippen LogP contribution >= 0.6 is 11.6 Å². The highest BCUT2D eigenvalue weighted by Crippen LogP contribution is 2.23. The highest BCUT2D eigenvalue weighted by molar-refractivity contribution is 6.30. The van der Waals surface area contributed by atoms with Gasteiger partial charge in [-0.15, -0.1) is 0 Å². The summed E-state index contributed by atoms with van der Waals surface area (Å²) in [7, 11) is 0. The number of aromatic nitrogens is 2. The molecule has 0 saturated heterocycles. The molecule has 0 aliphatic rings. The zero-order valence-electron chi connectivity index (χ0n) is 13.3. The van der Waals surface area contributed by atoms with Crippen LogP contribution in [0.25, 0.3) is 22.3 Å². The Morgan fingerprint density at radius 2 is 1.64 bits per heavy atom. The van der Waals surface area contributed by atoms with Gasteiger partial charge in [-0.1, -0.05) is 35.9 Å². The summed E-state index contributed by atoms with van der Waals surface area (Å²) in [6, 6.07) is 23.5. The van der Waals surface area contributed by atoms with Crippen LogP contribution in [0.4, 0.5) is 5.69 Å². The lowest BCUT2D eigenvalue weighted by molar-refractivity contribution is 1.29. The number of hydrogen-bond acceptors (Lipinski definition) is 3. The Labute approximate surface area is 150 Å². The number of fused-ring (bicyclic) bond motifs is 1. The lowest BCUT2D eigenvalue weighted by atomic mass is 10.1. The average molecular weight is 344 g/mol. The van der Waals surface area contributed by atoms with E-state index in [1.807, 2.05) is 79.0 Å². The molecule has 4 rings (SSSR count). The smallest absolute Gasteiger partial charge is 0.159 e. The largest absolute Gasteiger partial charge is 0.256 e. The van der Waals surface area contributed by atoms with Crippen molar-refractivity contribution in [1.82, 2.24) is 9.97 Å². The van der Waals surface area contributed by atoms with Crippen LogP contribution in [-0.2, 0) is 0 Å². The molecular formula is C21H14ClN3. The average Bonchev–Trinajstić information content (AvgIpc) is 2.68. The van der Waals surface area contributed by atoms with E-state index < -0.39 is 0 Å². The van der Waals surface area contributed by atoms with Crippen LogP contribution in [0.3, 0.4) is 0 Å². The van der Waals surface area contributed by atoms with Gasteiger partial charge in [0.15, 0.2) is 5.65 Å². The van der Waals surface area contributed by atoms with Gasteiger partial charge in [-0.05, 0) is 54.1 Å². The normalized spacial score (nSPS) is 11.2. The maximum absolute atomic E-state index is 5.89. The number of rotatable bonds is 3. The van der Waals surface area contributed by atoms with Gasteiger partial charge in [0.2, 0.25) is 0 Å². The molecule has 0 fully saturated rings. The minimum absolute atomic E-state index is 0.721. The molecule has 2 aromatic carbocycles. The molecule has 2 heterocycles. The third-order valence-corrected chi connectivity index (χ3v) is 4.11. The molecule has 2 aromatic heterocycles. The highest BCUT2D eigenvalue weighted by atomic mass is 35.5. The summed E-state index contributed by atoms with van der Waals surface area (Å²) in [5.41, 5.74) is 4.59. The first-order chi connectivity index (χ1) is 12.3. The third-order valence-electron chi connectivity index (χ3n) is 3.86. The molecular weight excluding hydrogens is 330 g/mol. The SMILES string of the molecule is Clc1ccc(C=Nc2ccc(-c3ccc4cccnc4n3)cc2)cc1. The molecule has 4 heteroatoms. The van der Waals surface area contributed by atoms with Gasteiger partial charge < -0.3 is 0 Å². The van der Waals surface area contributed by atoms with Gasteiger partial charge in [0.05, 0.1) is 11.4 Å². The number of aliphatic imine (C=N–C) groups is 1. The van der Waals surface area contributed by atoms with Gasteiger partial charge in [-0.25, -0.2) is 9.97 Å².